The number of nitrogens with one attached hydrogen (secondary N) is 2. The number of aromatic amines is 1. The number of methoxy groups -OCH3 is 1. The summed E-state index contributed by atoms with van der Waals surface area (Å²) in [5, 5.41) is 10.7. The van der Waals surface area contributed by atoms with Gasteiger partial charge in [-0.15, -0.1) is 0 Å². The fourth-order valence-electron chi connectivity index (χ4n) is 4.99. The summed E-state index contributed by atoms with van der Waals surface area (Å²) in [5.41, 5.74) is 0.662. The van der Waals surface area contributed by atoms with E-state index in [1.807, 2.05) is 4.90 Å². The van der Waals surface area contributed by atoms with Crippen LogP contribution in [-0.2, 0) is 9.53 Å². The van der Waals surface area contributed by atoms with Crippen LogP contribution >= 0.6 is 23.2 Å². The monoisotopic (exact) mass is 602 g/mol. The van der Waals surface area contributed by atoms with Crippen LogP contribution in [0.2, 0.25) is 10.2 Å². The Morgan fingerprint density at radius 2 is 1.90 bits per heavy atom. The van der Waals surface area contributed by atoms with E-state index in [1.165, 1.54) is 18.3 Å². The number of rotatable bonds is 7. The normalized spacial score (nSPS) is 19.2. The molecule has 2 saturated heterocycles. The van der Waals surface area contributed by atoms with Gasteiger partial charge in [-0.3, -0.25) is 9.89 Å². The lowest BCUT2D eigenvalue weighted by molar-refractivity contribution is -0.126. The molecule has 0 saturated carbocycles. The SMILES string of the molecule is C=CC(=O)N1CCN(c2nc(O[C@@H]3CNC[C@H]3OC)nc3c(Oc4c(Cl)c(F)cc5[nH]ncc45)nc(Cl)cc23)CC1. The zero-order valence-corrected chi connectivity index (χ0v) is 23.4. The number of amides is 1. The minimum Gasteiger partial charge on any atom is -0.456 e. The summed E-state index contributed by atoms with van der Waals surface area (Å²) in [7, 11) is 1.61. The van der Waals surface area contributed by atoms with E-state index >= 15 is 0 Å². The van der Waals surface area contributed by atoms with E-state index in [-0.39, 0.29) is 51.4 Å². The molecule has 4 aromatic rings. The molecule has 0 spiro atoms. The molecular formula is C26H25Cl2FN8O4. The molecule has 2 N–H and O–H groups in total. The van der Waals surface area contributed by atoms with Crippen molar-refractivity contribution in [3.63, 3.8) is 0 Å². The fraction of sp³-hybridized carbons (Fsp3) is 0.346. The molecule has 0 bridgehead atoms. The number of H-pyrrole nitrogens is 1. The number of anilines is 1. The van der Waals surface area contributed by atoms with Gasteiger partial charge in [0, 0.05) is 52.4 Å². The number of halogens is 3. The van der Waals surface area contributed by atoms with Gasteiger partial charge in [0.05, 0.1) is 22.5 Å². The average molecular weight is 603 g/mol. The Balaban J connectivity index is 1.46. The van der Waals surface area contributed by atoms with Crippen LogP contribution in [-0.4, -0.2) is 94.5 Å². The molecule has 2 aliphatic rings. The second-order valence-electron chi connectivity index (χ2n) is 9.52. The lowest BCUT2D eigenvalue weighted by Gasteiger charge is -2.35. The van der Waals surface area contributed by atoms with Crippen LogP contribution < -0.4 is 19.7 Å². The molecule has 12 nitrogen and oxygen atoms in total. The van der Waals surface area contributed by atoms with Crippen LogP contribution in [0.3, 0.4) is 0 Å². The summed E-state index contributed by atoms with van der Waals surface area (Å²) in [4.78, 5) is 29.6. The number of carbonyl (C=O) groups excluding carboxylic acids is 1. The third kappa shape index (κ3) is 5.21. The summed E-state index contributed by atoms with van der Waals surface area (Å²) in [6.07, 6.45) is 2.22. The number of hydrogen-bond donors (Lipinski definition) is 2. The molecule has 214 valence electrons. The molecular weight excluding hydrogens is 578 g/mol. The number of pyridine rings is 1. The lowest BCUT2D eigenvalue weighted by Crippen LogP contribution is -2.48. The van der Waals surface area contributed by atoms with E-state index in [1.54, 1.807) is 18.1 Å². The van der Waals surface area contributed by atoms with Crippen LogP contribution in [0.15, 0.2) is 31.0 Å². The topological polar surface area (TPSA) is 131 Å². The van der Waals surface area contributed by atoms with Gasteiger partial charge in [-0.1, -0.05) is 29.8 Å². The number of ether oxygens (including phenoxy) is 3. The van der Waals surface area contributed by atoms with Crippen molar-refractivity contribution < 1.29 is 23.4 Å². The van der Waals surface area contributed by atoms with E-state index in [9.17, 15) is 9.18 Å². The van der Waals surface area contributed by atoms with Crippen LogP contribution in [0.25, 0.3) is 21.8 Å². The van der Waals surface area contributed by atoms with Crippen molar-refractivity contribution >= 4 is 56.7 Å². The minimum atomic E-state index is -0.699. The Morgan fingerprint density at radius 3 is 2.66 bits per heavy atom. The third-order valence-electron chi connectivity index (χ3n) is 7.10. The van der Waals surface area contributed by atoms with Gasteiger partial charge in [-0.05, 0) is 12.1 Å². The van der Waals surface area contributed by atoms with Crippen molar-refractivity contribution in [3.05, 3.63) is 47.0 Å². The molecule has 0 unspecified atom stereocenters. The van der Waals surface area contributed by atoms with Crippen LogP contribution in [0.1, 0.15) is 0 Å². The highest BCUT2D eigenvalue weighted by atomic mass is 35.5. The number of nitrogens with zero attached hydrogens (tertiary/aromatic N) is 6. The maximum atomic E-state index is 14.7. The summed E-state index contributed by atoms with van der Waals surface area (Å²) >= 11 is 12.8. The van der Waals surface area contributed by atoms with Crippen LogP contribution in [0.4, 0.5) is 10.2 Å². The van der Waals surface area contributed by atoms with E-state index < -0.39 is 5.82 Å². The van der Waals surface area contributed by atoms with Crippen molar-refractivity contribution in [1.29, 1.82) is 0 Å². The predicted octanol–water partition coefficient (Wildman–Crippen LogP) is 3.34. The first-order chi connectivity index (χ1) is 19.9. The maximum Gasteiger partial charge on any atom is 0.319 e. The van der Waals surface area contributed by atoms with Gasteiger partial charge < -0.3 is 29.3 Å². The number of hydrogen-bond acceptors (Lipinski definition) is 10. The first-order valence-electron chi connectivity index (χ1n) is 12.8. The first-order valence-corrected chi connectivity index (χ1v) is 13.6. The molecule has 1 amide bonds. The molecule has 5 heterocycles. The Bertz CT molecular complexity index is 1650. The van der Waals surface area contributed by atoms with E-state index in [0.717, 1.165) is 0 Å². The van der Waals surface area contributed by atoms with Crippen molar-refractivity contribution in [2.75, 3.05) is 51.3 Å². The molecule has 3 aromatic heterocycles. The summed E-state index contributed by atoms with van der Waals surface area (Å²) in [6.45, 7) is 6.63. The zero-order valence-electron chi connectivity index (χ0n) is 21.9. The molecule has 2 aliphatic heterocycles. The standard InChI is InChI=1S/C26H25Cl2FN8O4/c1-3-20(38)36-4-6-37(7-5-36)24-13-8-19(27)32-25(41-23-14-10-31-35-16(14)9-15(29)21(23)28)22(13)33-26(34-24)40-18-12-30-11-17(18)39-2/h3,8-10,17-18,30H,1,4-7,11-12H2,2H3,(H,31,35)/t17-,18-/m1/s1. The Kier molecular flexibility index (Phi) is 7.51. The molecule has 6 rings (SSSR count). The first kappa shape index (κ1) is 27.4. The largest absolute Gasteiger partial charge is 0.456 e. The van der Waals surface area contributed by atoms with Crippen LogP contribution in [0.5, 0.6) is 17.6 Å². The second kappa shape index (κ2) is 11.2. The predicted molar refractivity (Wildman–Crippen MR) is 151 cm³/mol. The molecule has 0 radical (unpaired) electrons. The van der Waals surface area contributed by atoms with Crippen molar-refractivity contribution in [1.82, 2.24) is 35.4 Å². The molecule has 15 heteroatoms. The zero-order chi connectivity index (χ0) is 28.7. The molecule has 1 aromatic carbocycles. The van der Waals surface area contributed by atoms with Crippen LogP contribution in [0, 0.1) is 5.82 Å². The molecule has 2 fully saturated rings. The Labute approximate surface area is 243 Å². The molecule has 0 aliphatic carbocycles. The number of benzene rings is 1. The fourth-order valence-corrected chi connectivity index (χ4v) is 5.37. The highest BCUT2D eigenvalue weighted by Crippen LogP contribution is 2.41. The summed E-state index contributed by atoms with van der Waals surface area (Å²) in [6, 6.07) is 2.92. The van der Waals surface area contributed by atoms with Gasteiger partial charge in [0.15, 0.2) is 5.75 Å². The number of piperazine rings is 1. The Hall–Kier alpha value is -3.78. The third-order valence-corrected chi connectivity index (χ3v) is 7.65. The average Bonchev–Trinajstić information content (AvgIpc) is 3.64. The van der Waals surface area contributed by atoms with E-state index in [2.05, 4.69) is 32.1 Å². The van der Waals surface area contributed by atoms with Gasteiger partial charge >= 0.3 is 6.01 Å². The molecule has 2 atom stereocenters. The number of fused-ring (bicyclic) bond motifs is 2. The van der Waals surface area contributed by atoms with Gasteiger partial charge in [-0.25, -0.2) is 4.39 Å². The lowest BCUT2D eigenvalue weighted by atomic mass is 10.2. The highest BCUT2D eigenvalue weighted by molar-refractivity contribution is 6.33. The summed E-state index contributed by atoms with van der Waals surface area (Å²) in [5.74, 6) is -0.339. The smallest absolute Gasteiger partial charge is 0.319 e. The van der Waals surface area contributed by atoms with Gasteiger partial charge in [0.2, 0.25) is 11.8 Å². The van der Waals surface area contributed by atoms with E-state index in [0.29, 0.717) is 61.4 Å². The van der Waals surface area contributed by atoms with Gasteiger partial charge in [0.1, 0.15) is 39.5 Å². The highest BCUT2D eigenvalue weighted by Gasteiger charge is 2.31. The number of carbonyl (C=O) groups is 1. The molecule has 41 heavy (non-hydrogen) atoms. The van der Waals surface area contributed by atoms with Crippen molar-refractivity contribution in [3.8, 4) is 17.6 Å². The Morgan fingerprint density at radius 1 is 1.12 bits per heavy atom. The minimum absolute atomic E-state index is 0.00473. The quantitative estimate of drug-likeness (QED) is 0.240. The van der Waals surface area contributed by atoms with E-state index in [4.69, 9.17) is 42.4 Å². The van der Waals surface area contributed by atoms with Crippen molar-refractivity contribution in [2.45, 2.75) is 12.2 Å². The van der Waals surface area contributed by atoms with Crippen molar-refractivity contribution in [2.24, 2.45) is 0 Å². The maximum absolute atomic E-state index is 14.7. The van der Waals surface area contributed by atoms with Gasteiger partial charge in [-0.2, -0.15) is 20.1 Å². The summed E-state index contributed by atoms with van der Waals surface area (Å²) < 4.78 is 32.5. The van der Waals surface area contributed by atoms with Gasteiger partial charge in [0.25, 0.3) is 0 Å². The number of aromatic nitrogens is 5. The second-order valence-corrected chi connectivity index (χ2v) is 10.3.